The second-order valence-corrected chi connectivity index (χ2v) is 5.48. The smallest absolute Gasteiger partial charge is 0.118 e. The van der Waals surface area contributed by atoms with E-state index in [2.05, 4.69) is 60.1 Å². The zero-order chi connectivity index (χ0) is 14.3. The topological polar surface area (TPSA) is 9.23 Å². The quantitative estimate of drug-likeness (QED) is 0.629. The molecule has 2 heteroatoms. The molecule has 0 radical (unpaired) electrons. The predicted molar refractivity (Wildman–Crippen MR) is 87.7 cm³/mol. The van der Waals surface area contributed by atoms with Crippen molar-refractivity contribution in [3.63, 3.8) is 0 Å². The van der Waals surface area contributed by atoms with Crippen molar-refractivity contribution in [1.29, 1.82) is 0 Å². The van der Waals surface area contributed by atoms with Gasteiger partial charge in [-0.05, 0) is 59.7 Å². The van der Waals surface area contributed by atoms with Crippen molar-refractivity contribution in [2.75, 3.05) is 7.11 Å². The molecule has 0 heterocycles. The summed E-state index contributed by atoms with van der Waals surface area (Å²) in [5.41, 5.74) is 3.68. The summed E-state index contributed by atoms with van der Waals surface area (Å²) in [5.74, 6) is 0.882. The lowest BCUT2D eigenvalue weighted by Gasteiger charge is -2.10. The van der Waals surface area contributed by atoms with Gasteiger partial charge in [-0.15, -0.1) is 0 Å². The van der Waals surface area contributed by atoms with Gasteiger partial charge < -0.3 is 4.74 Å². The molecule has 0 aliphatic carbocycles. The third-order valence-corrected chi connectivity index (χ3v) is 3.01. The Morgan fingerprint density at radius 1 is 1.26 bits per heavy atom. The number of allylic oxidation sites excluding steroid dienone is 6. The Bertz CT molecular complexity index is 488. The number of halogens is 1. The molecule has 1 aromatic rings. The molecule has 0 bridgehead atoms. The molecule has 0 spiro atoms. The van der Waals surface area contributed by atoms with Gasteiger partial charge in [0.15, 0.2) is 0 Å². The average molecular weight is 321 g/mol. The van der Waals surface area contributed by atoms with E-state index in [1.54, 1.807) is 7.11 Å². The SMILES string of the molecule is C/C=C(C(/C=C(\C)Br)=C/CC)\c1ccc(OC)cc1. The van der Waals surface area contributed by atoms with Gasteiger partial charge in [0, 0.05) is 0 Å². The molecule has 0 aliphatic heterocycles. The van der Waals surface area contributed by atoms with Crippen LogP contribution in [0.5, 0.6) is 5.75 Å². The van der Waals surface area contributed by atoms with Crippen LogP contribution in [0.3, 0.4) is 0 Å². The van der Waals surface area contributed by atoms with Crippen molar-refractivity contribution < 1.29 is 4.74 Å². The molecule has 0 unspecified atom stereocenters. The van der Waals surface area contributed by atoms with Crippen LogP contribution < -0.4 is 4.74 Å². The lowest BCUT2D eigenvalue weighted by Crippen LogP contribution is -1.90. The summed E-state index contributed by atoms with van der Waals surface area (Å²) in [6.45, 7) is 6.27. The van der Waals surface area contributed by atoms with Gasteiger partial charge in [-0.25, -0.2) is 0 Å². The molecular formula is C17H21BrO. The molecule has 0 aromatic heterocycles. The maximum absolute atomic E-state index is 5.20. The Kier molecular flexibility index (Phi) is 6.65. The number of hydrogen-bond donors (Lipinski definition) is 0. The van der Waals surface area contributed by atoms with Gasteiger partial charge in [-0.2, -0.15) is 0 Å². The fourth-order valence-corrected chi connectivity index (χ4v) is 2.20. The monoisotopic (exact) mass is 320 g/mol. The Morgan fingerprint density at radius 2 is 1.89 bits per heavy atom. The van der Waals surface area contributed by atoms with Gasteiger partial charge in [0.2, 0.25) is 0 Å². The molecule has 0 aliphatic rings. The van der Waals surface area contributed by atoms with E-state index in [0.29, 0.717) is 0 Å². The van der Waals surface area contributed by atoms with Crippen LogP contribution in [0.1, 0.15) is 32.8 Å². The fraction of sp³-hybridized carbons (Fsp3) is 0.294. The fourth-order valence-electron chi connectivity index (χ4n) is 1.95. The highest BCUT2D eigenvalue weighted by Crippen LogP contribution is 2.27. The molecule has 0 amide bonds. The van der Waals surface area contributed by atoms with E-state index in [0.717, 1.165) is 16.7 Å². The summed E-state index contributed by atoms with van der Waals surface area (Å²) >= 11 is 3.51. The number of methoxy groups -OCH3 is 1. The summed E-state index contributed by atoms with van der Waals surface area (Å²) in [6, 6.07) is 8.17. The van der Waals surface area contributed by atoms with Crippen LogP contribution in [0.15, 0.2) is 52.5 Å². The second kappa shape index (κ2) is 8.00. The Morgan fingerprint density at radius 3 is 2.32 bits per heavy atom. The predicted octanol–water partition coefficient (Wildman–Crippen LogP) is 5.73. The molecule has 1 nitrogen and oxygen atoms in total. The highest BCUT2D eigenvalue weighted by molar-refractivity contribution is 9.11. The molecule has 0 N–H and O–H groups in total. The van der Waals surface area contributed by atoms with E-state index < -0.39 is 0 Å². The molecule has 0 fully saturated rings. The first-order valence-corrected chi connectivity index (χ1v) is 7.26. The van der Waals surface area contributed by atoms with E-state index in [4.69, 9.17) is 4.74 Å². The highest BCUT2D eigenvalue weighted by atomic mass is 79.9. The first kappa shape index (κ1) is 15.8. The minimum absolute atomic E-state index is 0.882. The summed E-state index contributed by atoms with van der Waals surface area (Å²) in [4.78, 5) is 0. The summed E-state index contributed by atoms with van der Waals surface area (Å²) in [7, 11) is 1.69. The minimum Gasteiger partial charge on any atom is -0.497 e. The Labute approximate surface area is 124 Å². The van der Waals surface area contributed by atoms with Crippen LogP contribution in [0.25, 0.3) is 5.57 Å². The first-order valence-electron chi connectivity index (χ1n) is 6.47. The third-order valence-electron chi connectivity index (χ3n) is 2.78. The third kappa shape index (κ3) is 4.71. The molecule has 0 atom stereocenters. The van der Waals surface area contributed by atoms with E-state index in [-0.39, 0.29) is 0 Å². The second-order valence-electron chi connectivity index (χ2n) is 4.23. The molecule has 19 heavy (non-hydrogen) atoms. The summed E-state index contributed by atoms with van der Waals surface area (Å²) < 4.78 is 6.33. The first-order chi connectivity index (χ1) is 9.12. The molecular weight excluding hydrogens is 300 g/mol. The van der Waals surface area contributed by atoms with Gasteiger partial charge in [-0.1, -0.05) is 47.1 Å². The Hall–Kier alpha value is -1.28. The average Bonchev–Trinajstić information content (AvgIpc) is 2.40. The van der Waals surface area contributed by atoms with Crippen molar-refractivity contribution in [1.82, 2.24) is 0 Å². The number of ether oxygens (including phenoxy) is 1. The van der Waals surface area contributed by atoms with Crippen molar-refractivity contribution in [3.8, 4) is 5.75 Å². The molecule has 1 rings (SSSR count). The largest absolute Gasteiger partial charge is 0.497 e. The molecule has 1 aromatic carbocycles. The van der Waals surface area contributed by atoms with Gasteiger partial charge in [0.25, 0.3) is 0 Å². The maximum Gasteiger partial charge on any atom is 0.118 e. The van der Waals surface area contributed by atoms with E-state index in [1.165, 1.54) is 16.7 Å². The van der Waals surface area contributed by atoms with E-state index in [1.807, 2.05) is 19.1 Å². The van der Waals surface area contributed by atoms with Crippen LogP contribution in [0, 0.1) is 0 Å². The summed E-state index contributed by atoms with van der Waals surface area (Å²) in [5, 5.41) is 0. The minimum atomic E-state index is 0.882. The van der Waals surface area contributed by atoms with Crippen LogP contribution in [0.2, 0.25) is 0 Å². The van der Waals surface area contributed by atoms with E-state index >= 15 is 0 Å². The zero-order valence-corrected chi connectivity index (χ0v) is 13.6. The standard InChI is InChI=1S/C17H21BrO/c1-5-7-15(12-13(3)18)17(6-2)14-8-10-16(19-4)11-9-14/h6-12H,5H2,1-4H3/b13-12+,15-7+,17-6+. The van der Waals surface area contributed by atoms with Crippen LogP contribution >= 0.6 is 15.9 Å². The molecule has 102 valence electrons. The van der Waals surface area contributed by atoms with Gasteiger partial charge in [0.05, 0.1) is 7.11 Å². The lowest BCUT2D eigenvalue weighted by atomic mass is 9.96. The van der Waals surface area contributed by atoms with Crippen molar-refractivity contribution in [2.24, 2.45) is 0 Å². The molecule has 0 saturated carbocycles. The van der Waals surface area contributed by atoms with Crippen LogP contribution in [-0.4, -0.2) is 7.11 Å². The van der Waals surface area contributed by atoms with Crippen molar-refractivity contribution in [2.45, 2.75) is 27.2 Å². The van der Waals surface area contributed by atoms with Crippen LogP contribution in [0.4, 0.5) is 0 Å². The number of benzene rings is 1. The normalized spacial score (nSPS) is 13.6. The number of rotatable bonds is 5. The highest BCUT2D eigenvalue weighted by Gasteiger charge is 2.05. The van der Waals surface area contributed by atoms with Gasteiger partial charge >= 0.3 is 0 Å². The zero-order valence-electron chi connectivity index (χ0n) is 12.0. The van der Waals surface area contributed by atoms with Crippen LogP contribution in [-0.2, 0) is 0 Å². The maximum atomic E-state index is 5.20. The summed E-state index contributed by atoms with van der Waals surface area (Å²) in [6.07, 6.45) is 7.56. The van der Waals surface area contributed by atoms with Crippen molar-refractivity contribution >= 4 is 21.5 Å². The molecule has 0 saturated heterocycles. The Balaban J connectivity index is 3.17. The number of hydrogen-bond acceptors (Lipinski definition) is 1. The van der Waals surface area contributed by atoms with Gasteiger partial charge in [-0.3, -0.25) is 0 Å². The van der Waals surface area contributed by atoms with Gasteiger partial charge in [0.1, 0.15) is 5.75 Å². The lowest BCUT2D eigenvalue weighted by molar-refractivity contribution is 0.415. The van der Waals surface area contributed by atoms with E-state index in [9.17, 15) is 0 Å². The van der Waals surface area contributed by atoms with Crippen molar-refractivity contribution in [3.05, 3.63) is 58.1 Å².